The van der Waals surface area contributed by atoms with Crippen LogP contribution in [0, 0.1) is 6.92 Å². The van der Waals surface area contributed by atoms with Crippen LogP contribution in [-0.2, 0) is 13.5 Å². The highest BCUT2D eigenvalue weighted by molar-refractivity contribution is 7.09. The molecule has 2 aromatic heterocycles. The van der Waals surface area contributed by atoms with Crippen molar-refractivity contribution in [3.05, 3.63) is 34.3 Å². The van der Waals surface area contributed by atoms with E-state index in [4.69, 9.17) is 5.84 Å². The van der Waals surface area contributed by atoms with Crippen LogP contribution in [0.25, 0.3) is 0 Å². The Kier molecular flexibility index (Phi) is 3.33. The van der Waals surface area contributed by atoms with Crippen LogP contribution in [0.5, 0.6) is 0 Å². The molecule has 0 saturated heterocycles. The van der Waals surface area contributed by atoms with Crippen LogP contribution in [0.3, 0.4) is 0 Å². The molecule has 2 rings (SSSR count). The lowest BCUT2D eigenvalue weighted by atomic mass is 10.1. The van der Waals surface area contributed by atoms with Crippen molar-refractivity contribution in [1.82, 2.24) is 20.0 Å². The van der Waals surface area contributed by atoms with Gasteiger partial charge in [-0.25, -0.2) is 15.4 Å². The molecule has 0 saturated carbocycles. The van der Waals surface area contributed by atoms with E-state index in [0.717, 1.165) is 22.9 Å². The predicted molar refractivity (Wildman–Crippen MR) is 63.8 cm³/mol. The van der Waals surface area contributed by atoms with E-state index in [1.165, 1.54) is 0 Å². The van der Waals surface area contributed by atoms with Gasteiger partial charge in [-0.1, -0.05) is 0 Å². The molecule has 0 aliphatic heterocycles. The summed E-state index contributed by atoms with van der Waals surface area (Å²) in [6.45, 7) is 2.00. The minimum atomic E-state index is 0.00139. The van der Waals surface area contributed by atoms with Gasteiger partial charge in [0.15, 0.2) is 0 Å². The molecule has 0 aliphatic carbocycles. The van der Waals surface area contributed by atoms with Crippen molar-refractivity contribution in [2.24, 2.45) is 12.9 Å². The highest BCUT2D eigenvalue weighted by Crippen LogP contribution is 2.17. The summed E-state index contributed by atoms with van der Waals surface area (Å²) >= 11 is 1.65. The number of imidazole rings is 1. The predicted octanol–water partition coefficient (Wildman–Crippen LogP) is 0.932. The maximum Gasteiger partial charge on any atom is 0.127 e. The highest BCUT2D eigenvalue weighted by atomic mass is 32.1. The fraction of sp³-hybridized carbons (Fsp3) is 0.400. The number of thiazole rings is 1. The number of hydrogen-bond donors (Lipinski definition) is 2. The summed E-state index contributed by atoms with van der Waals surface area (Å²) in [6, 6.07) is 0.00139. The molecule has 0 aromatic carbocycles. The number of aryl methyl sites for hydroxylation is 2. The lowest BCUT2D eigenvalue weighted by Crippen LogP contribution is -2.31. The van der Waals surface area contributed by atoms with Crippen LogP contribution in [0.15, 0.2) is 17.8 Å². The molecule has 2 aromatic rings. The van der Waals surface area contributed by atoms with Crippen molar-refractivity contribution in [2.45, 2.75) is 19.4 Å². The van der Waals surface area contributed by atoms with E-state index in [1.807, 2.05) is 24.7 Å². The normalized spacial score (nSPS) is 12.9. The molecule has 1 unspecified atom stereocenters. The number of nitrogens with one attached hydrogen (secondary N) is 1. The molecule has 16 heavy (non-hydrogen) atoms. The first kappa shape index (κ1) is 11.3. The van der Waals surface area contributed by atoms with Crippen molar-refractivity contribution < 1.29 is 0 Å². The van der Waals surface area contributed by atoms with Crippen LogP contribution in [0.2, 0.25) is 0 Å². The Balaban J connectivity index is 2.15. The average Bonchev–Trinajstić information content (AvgIpc) is 2.84. The van der Waals surface area contributed by atoms with Gasteiger partial charge < -0.3 is 4.57 Å². The molecule has 86 valence electrons. The first-order valence-corrected chi connectivity index (χ1v) is 5.93. The Bertz CT molecular complexity index is 461. The third-order valence-electron chi connectivity index (χ3n) is 2.45. The van der Waals surface area contributed by atoms with E-state index in [-0.39, 0.29) is 6.04 Å². The van der Waals surface area contributed by atoms with Crippen LogP contribution in [0.4, 0.5) is 0 Å². The van der Waals surface area contributed by atoms with Crippen molar-refractivity contribution in [3.8, 4) is 0 Å². The summed E-state index contributed by atoms with van der Waals surface area (Å²) in [6.07, 6.45) is 4.43. The minimum absolute atomic E-state index is 0.00139. The SMILES string of the molecule is Cc1nc(CC(NN)c2nccn2C)cs1. The van der Waals surface area contributed by atoms with E-state index in [0.29, 0.717) is 0 Å². The van der Waals surface area contributed by atoms with E-state index < -0.39 is 0 Å². The minimum Gasteiger partial charge on any atom is -0.337 e. The van der Waals surface area contributed by atoms with Crippen molar-refractivity contribution in [2.75, 3.05) is 0 Å². The first-order valence-electron chi connectivity index (χ1n) is 5.05. The number of nitrogens with zero attached hydrogens (tertiary/aromatic N) is 3. The van der Waals surface area contributed by atoms with Crippen LogP contribution < -0.4 is 11.3 Å². The highest BCUT2D eigenvalue weighted by Gasteiger charge is 2.16. The number of hydrogen-bond acceptors (Lipinski definition) is 5. The smallest absolute Gasteiger partial charge is 0.127 e. The summed E-state index contributed by atoms with van der Waals surface area (Å²) in [4.78, 5) is 8.71. The standard InChI is InChI=1S/C10H15N5S/c1-7-13-8(6-16-7)5-9(14-11)10-12-3-4-15(10)2/h3-4,6,9,14H,5,11H2,1-2H3. The monoisotopic (exact) mass is 237 g/mol. The largest absolute Gasteiger partial charge is 0.337 e. The molecule has 0 radical (unpaired) electrons. The fourth-order valence-electron chi connectivity index (χ4n) is 1.65. The van der Waals surface area contributed by atoms with Gasteiger partial charge >= 0.3 is 0 Å². The number of nitrogens with two attached hydrogens (primary N) is 1. The van der Waals surface area contributed by atoms with Crippen LogP contribution in [-0.4, -0.2) is 14.5 Å². The molecule has 6 heteroatoms. The van der Waals surface area contributed by atoms with Crippen molar-refractivity contribution >= 4 is 11.3 Å². The van der Waals surface area contributed by atoms with E-state index in [1.54, 1.807) is 17.5 Å². The van der Waals surface area contributed by atoms with Gasteiger partial charge in [0.05, 0.1) is 16.7 Å². The first-order chi connectivity index (χ1) is 7.70. The second-order valence-electron chi connectivity index (χ2n) is 3.68. The quantitative estimate of drug-likeness (QED) is 0.613. The fourth-order valence-corrected chi connectivity index (χ4v) is 2.27. The summed E-state index contributed by atoms with van der Waals surface area (Å²) in [5.41, 5.74) is 3.83. The summed E-state index contributed by atoms with van der Waals surface area (Å²) < 4.78 is 1.96. The summed E-state index contributed by atoms with van der Waals surface area (Å²) in [5.74, 6) is 6.48. The molecule has 2 heterocycles. The van der Waals surface area contributed by atoms with Gasteiger partial charge in [-0.2, -0.15) is 0 Å². The topological polar surface area (TPSA) is 68.8 Å². The Hall–Kier alpha value is -1.24. The summed E-state index contributed by atoms with van der Waals surface area (Å²) in [5, 5.41) is 3.13. The molecule has 0 spiro atoms. The number of hydrazine groups is 1. The molecule has 3 N–H and O–H groups in total. The third-order valence-corrected chi connectivity index (χ3v) is 3.27. The molecule has 0 fully saturated rings. The lowest BCUT2D eigenvalue weighted by molar-refractivity contribution is 0.503. The molecule has 5 nitrogen and oxygen atoms in total. The molecular formula is C10H15N5S. The summed E-state index contributed by atoms with van der Waals surface area (Å²) in [7, 11) is 1.96. The van der Waals surface area contributed by atoms with Gasteiger partial charge in [-0.05, 0) is 6.92 Å². The Morgan fingerprint density at radius 3 is 2.94 bits per heavy atom. The average molecular weight is 237 g/mol. The molecular weight excluding hydrogens is 222 g/mol. The van der Waals surface area contributed by atoms with Gasteiger partial charge in [0.1, 0.15) is 5.82 Å². The lowest BCUT2D eigenvalue weighted by Gasteiger charge is -2.14. The molecule has 1 atom stereocenters. The van der Waals surface area contributed by atoms with Gasteiger partial charge in [0.2, 0.25) is 0 Å². The number of rotatable bonds is 4. The maximum absolute atomic E-state index is 5.56. The maximum atomic E-state index is 5.56. The number of aromatic nitrogens is 3. The van der Waals surface area contributed by atoms with E-state index in [2.05, 4.69) is 20.8 Å². The van der Waals surface area contributed by atoms with Gasteiger partial charge in [-0.3, -0.25) is 5.84 Å². The second kappa shape index (κ2) is 4.73. The van der Waals surface area contributed by atoms with E-state index >= 15 is 0 Å². The van der Waals surface area contributed by atoms with Crippen molar-refractivity contribution in [1.29, 1.82) is 0 Å². The van der Waals surface area contributed by atoms with Gasteiger partial charge in [0, 0.05) is 31.2 Å². The Morgan fingerprint density at radius 2 is 2.44 bits per heavy atom. The Labute approximate surface area is 98.3 Å². The zero-order chi connectivity index (χ0) is 11.5. The zero-order valence-corrected chi connectivity index (χ0v) is 10.2. The second-order valence-corrected chi connectivity index (χ2v) is 4.74. The van der Waals surface area contributed by atoms with Gasteiger partial charge in [-0.15, -0.1) is 11.3 Å². The molecule has 0 aliphatic rings. The molecule has 0 amide bonds. The molecule has 0 bridgehead atoms. The zero-order valence-electron chi connectivity index (χ0n) is 9.34. The van der Waals surface area contributed by atoms with Crippen LogP contribution >= 0.6 is 11.3 Å². The van der Waals surface area contributed by atoms with Crippen molar-refractivity contribution in [3.63, 3.8) is 0 Å². The van der Waals surface area contributed by atoms with Gasteiger partial charge in [0.25, 0.3) is 0 Å². The Morgan fingerprint density at radius 1 is 1.62 bits per heavy atom. The third kappa shape index (κ3) is 2.29. The van der Waals surface area contributed by atoms with Crippen LogP contribution in [0.1, 0.15) is 22.6 Å². The van der Waals surface area contributed by atoms with E-state index in [9.17, 15) is 0 Å².